The quantitative estimate of drug-likeness (QED) is 0.248. The molecule has 0 spiro atoms. The molecule has 1 N–H and O–H groups in total. The van der Waals surface area contributed by atoms with Crippen LogP contribution in [-0.2, 0) is 14.3 Å². The van der Waals surface area contributed by atoms with Gasteiger partial charge in [0.15, 0.2) is 0 Å². The SMILES string of the molecule is CC(C(=O)O)[C@@H]1COc2cc(N(C(=O)C(F)(F)F)[C@@H]3COc4c3cccc4-n3c(C4CCOCC4)nc4ccc(F)cc43)ccc21. The summed E-state index contributed by atoms with van der Waals surface area (Å²) in [6, 6.07) is 12.3. The molecule has 0 bridgehead atoms. The molecule has 4 aromatic rings. The Morgan fingerprint density at radius 1 is 1.02 bits per heavy atom. The van der Waals surface area contributed by atoms with E-state index in [1.54, 1.807) is 28.8 Å². The molecule has 240 valence electrons. The number of imidazole rings is 1. The monoisotopic (exact) mass is 639 g/mol. The summed E-state index contributed by atoms with van der Waals surface area (Å²) in [6.07, 6.45) is -3.84. The summed E-state index contributed by atoms with van der Waals surface area (Å²) in [5.41, 5.74) is 2.31. The second kappa shape index (κ2) is 11.3. The van der Waals surface area contributed by atoms with Gasteiger partial charge in [0.2, 0.25) is 0 Å². The molecule has 46 heavy (non-hydrogen) atoms. The highest BCUT2D eigenvalue weighted by atomic mass is 19.4. The highest BCUT2D eigenvalue weighted by Crippen LogP contribution is 2.47. The van der Waals surface area contributed by atoms with Gasteiger partial charge in [0.25, 0.3) is 0 Å². The summed E-state index contributed by atoms with van der Waals surface area (Å²) >= 11 is 0. The molecule has 1 aromatic heterocycles. The van der Waals surface area contributed by atoms with Crippen LogP contribution < -0.4 is 14.4 Å². The number of fused-ring (bicyclic) bond motifs is 3. The van der Waals surface area contributed by atoms with Crippen LogP contribution in [0.25, 0.3) is 16.7 Å². The third-order valence-corrected chi connectivity index (χ3v) is 9.10. The minimum atomic E-state index is -5.21. The molecule has 1 unspecified atom stereocenters. The van der Waals surface area contributed by atoms with E-state index in [0.717, 1.165) is 0 Å². The molecule has 1 amide bonds. The zero-order valence-electron chi connectivity index (χ0n) is 24.6. The van der Waals surface area contributed by atoms with Gasteiger partial charge in [-0.1, -0.05) is 25.1 Å². The Labute approximate surface area is 260 Å². The van der Waals surface area contributed by atoms with Crippen molar-refractivity contribution in [2.75, 3.05) is 31.3 Å². The number of para-hydroxylation sites is 1. The Morgan fingerprint density at radius 3 is 2.54 bits per heavy atom. The van der Waals surface area contributed by atoms with E-state index in [2.05, 4.69) is 0 Å². The number of halogens is 4. The van der Waals surface area contributed by atoms with Crippen LogP contribution in [0.5, 0.6) is 11.5 Å². The number of anilines is 1. The van der Waals surface area contributed by atoms with E-state index in [9.17, 15) is 32.3 Å². The van der Waals surface area contributed by atoms with E-state index in [4.69, 9.17) is 19.2 Å². The Hall–Kier alpha value is -4.65. The summed E-state index contributed by atoms with van der Waals surface area (Å²) in [5.74, 6) is -3.74. The molecular formula is C33H29F4N3O6. The first-order valence-corrected chi connectivity index (χ1v) is 14.9. The standard InChI is InChI=1S/C33H29F4N3O6/c1-17(31(41)42)23-15-45-28-14-20(6-7-21(23)28)39(32(43)33(35,36)37)27-16-46-29-22(27)3-2-4-25(29)40-26-13-19(34)5-8-24(26)38-30(40)18-9-11-44-12-10-18/h2-8,13-14,17-18,23,27H,9-12,15-16H2,1H3,(H,41,42)/t17?,23-,27+/m0/s1. The van der Waals surface area contributed by atoms with Crippen molar-refractivity contribution in [3.63, 3.8) is 0 Å². The summed E-state index contributed by atoms with van der Waals surface area (Å²) in [6.45, 7) is 2.37. The number of rotatable bonds is 6. The smallest absolute Gasteiger partial charge is 0.471 e. The van der Waals surface area contributed by atoms with Crippen molar-refractivity contribution < 1.29 is 46.5 Å². The summed E-state index contributed by atoms with van der Waals surface area (Å²) in [5, 5.41) is 9.49. The molecule has 13 heteroatoms. The number of aliphatic carboxylic acids is 1. The number of carbonyl (C=O) groups is 2. The number of carboxylic acid groups (broad SMARTS) is 1. The van der Waals surface area contributed by atoms with Crippen LogP contribution in [0.2, 0.25) is 0 Å². The van der Waals surface area contributed by atoms with Gasteiger partial charge < -0.3 is 19.3 Å². The van der Waals surface area contributed by atoms with E-state index in [1.807, 2.05) is 0 Å². The number of carbonyl (C=O) groups excluding carboxylic acids is 1. The Balaban J connectivity index is 1.33. The van der Waals surface area contributed by atoms with Crippen molar-refractivity contribution in [3.05, 3.63) is 77.4 Å². The van der Waals surface area contributed by atoms with Crippen molar-refractivity contribution in [1.29, 1.82) is 0 Å². The lowest BCUT2D eigenvalue weighted by Gasteiger charge is -2.29. The van der Waals surface area contributed by atoms with E-state index < -0.39 is 41.7 Å². The van der Waals surface area contributed by atoms with Crippen LogP contribution in [0, 0.1) is 11.7 Å². The molecule has 1 saturated heterocycles. The first kappa shape index (κ1) is 30.0. The molecule has 0 aliphatic carbocycles. The van der Waals surface area contributed by atoms with Gasteiger partial charge in [0, 0.05) is 54.0 Å². The average Bonchev–Trinajstić information content (AvgIpc) is 3.76. The highest BCUT2D eigenvalue weighted by molar-refractivity contribution is 5.98. The van der Waals surface area contributed by atoms with Gasteiger partial charge in [0.1, 0.15) is 29.7 Å². The van der Waals surface area contributed by atoms with Gasteiger partial charge in [-0.2, -0.15) is 13.2 Å². The van der Waals surface area contributed by atoms with Crippen molar-refractivity contribution >= 4 is 28.6 Å². The minimum Gasteiger partial charge on any atom is -0.493 e. The van der Waals surface area contributed by atoms with Gasteiger partial charge in [-0.15, -0.1) is 0 Å². The first-order valence-electron chi connectivity index (χ1n) is 14.9. The van der Waals surface area contributed by atoms with E-state index in [-0.39, 0.29) is 36.3 Å². The van der Waals surface area contributed by atoms with Crippen LogP contribution in [-0.4, -0.2) is 59.1 Å². The maximum absolute atomic E-state index is 14.5. The summed E-state index contributed by atoms with van der Waals surface area (Å²) in [7, 11) is 0. The lowest BCUT2D eigenvalue weighted by Crippen LogP contribution is -2.44. The Morgan fingerprint density at radius 2 is 1.80 bits per heavy atom. The van der Waals surface area contributed by atoms with E-state index in [1.165, 1.54) is 37.3 Å². The molecule has 1 fully saturated rings. The fraction of sp³-hybridized carbons (Fsp3) is 0.364. The van der Waals surface area contributed by atoms with Crippen LogP contribution in [0.1, 0.15) is 54.6 Å². The Bertz CT molecular complexity index is 1850. The molecule has 3 aliphatic rings. The van der Waals surface area contributed by atoms with E-state index >= 15 is 0 Å². The predicted octanol–water partition coefficient (Wildman–Crippen LogP) is 6.28. The average molecular weight is 640 g/mol. The molecule has 0 radical (unpaired) electrons. The van der Waals surface area contributed by atoms with Crippen molar-refractivity contribution in [2.45, 2.75) is 43.8 Å². The maximum Gasteiger partial charge on any atom is 0.471 e. The van der Waals surface area contributed by atoms with Crippen LogP contribution in [0.15, 0.2) is 54.6 Å². The van der Waals surface area contributed by atoms with Crippen molar-refractivity contribution in [1.82, 2.24) is 9.55 Å². The zero-order chi connectivity index (χ0) is 32.3. The van der Waals surface area contributed by atoms with Gasteiger partial charge in [-0.05, 0) is 37.1 Å². The topological polar surface area (TPSA) is 103 Å². The second-order valence-corrected chi connectivity index (χ2v) is 11.8. The summed E-state index contributed by atoms with van der Waals surface area (Å²) < 4.78 is 76.0. The number of benzene rings is 3. The first-order chi connectivity index (χ1) is 22.0. The molecular weight excluding hydrogens is 610 g/mol. The molecule has 4 heterocycles. The molecule has 3 atom stereocenters. The maximum atomic E-state index is 14.5. The zero-order valence-corrected chi connectivity index (χ0v) is 24.6. The predicted molar refractivity (Wildman–Crippen MR) is 157 cm³/mol. The number of hydrogen-bond acceptors (Lipinski definition) is 6. The van der Waals surface area contributed by atoms with E-state index in [0.29, 0.717) is 64.6 Å². The van der Waals surface area contributed by atoms with Gasteiger partial charge >= 0.3 is 18.1 Å². The van der Waals surface area contributed by atoms with Crippen LogP contribution in [0.4, 0.5) is 23.2 Å². The fourth-order valence-electron chi connectivity index (χ4n) is 6.69. The van der Waals surface area contributed by atoms with Gasteiger partial charge in [-0.25, -0.2) is 9.37 Å². The second-order valence-electron chi connectivity index (χ2n) is 11.8. The van der Waals surface area contributed by atoms with Crippen molar-refractivity contribution in [2.24, 2.45) is 5.92 Å². The van der Waals surface area contributed by atoms with Crippen LogP contribution >= 0.6 is 0 Å². The number of amides is 1. The van der Waals surface area contributed by atoms with Gasteiger partial charge in [0.05, 0.1) is 35.3 Å². The summed E-state index contributed by atoms with van der Waals surface area (Å²) in [4.78, 5) is 30.1. The van der Waals surface area contributed by atoms with Crippen LogP contribution in [0.3, 0.4) is 0 Å². The normalized spacial score (nSPS) is 20.1. The minimum absolute atomic E-state index is 0.0142. The largest absolute Gasteiger partial charge is 0.493 e. The fourth-order valence-corrected chi connectivity index (χ4v) is 6.69. The number of aromatic nitrogens is 2. The molecule has 3 aliphatic heterocycles. The molecule has 3 aromatic carbocycles. The molecule has 7 rings (SSSR count). The number of nitrogens with zero attached hydrogens (tertiary/aromatic N) is 3. The lowest BCUT2D eigenvalue weighted by atomic mass is 9.89. The third-order valence-electron chi connectivity index (χ3n) is 9.10. The third kappa shape index (κ3) is 5.02. The Kier molecular flexibility index (Phi) is 7.38. The van der Waals surface area contributed by atoms with Gasteiger partial charge in [-0.3, -0.25) is 19.1 Å². The number of ether oxygens (including phenoxy) is 3. The van der Waals surface area contributed by atoms with Crippen molar-refractivity contribution in [3.8, 4) is 17.2 Å². The molecule has 9 nitrogen and oxygen atoms in total. The number of alkyl halides is 3. The molecule has 0 saturated carbocycles. The number of hydrogen-bond donors (Lipinski definition) is 1. The lowest BCUT2D eigenvalue weighted by molar-refractivity contribution is -0.171. The number of carboxylic acids is 1. The highest BCUT2D eigenvalue weighted by Gasteiger charge is 2.48.